The van der Waals surface area contributed by atoms with Crippen LogP contribution >= 0.6 is 0 Å². The average Bonchev–Trinajstić information content (AvgIpc) is 2.77. The van der Waals surface area contributed by atoms with E-state index in [1.165, 1.54) is 5.56 Å². The monoisotopic (exact) mass is 490 g/mol. The van der Waals surface area contributed by atoms with Gasteiger partial charge in [0.2, 0.25) is 0 Å². The van der Waals surface area contributed by atoms with Gasteiger partial charge in [-0.1, -0.05) is 50.1 Å². The highest BCUT2D eigenvalue weighted by Gasteiger charge is 2.38. The molecule has 7 heteroatoms. The average molecular weight is 490 g/mol. The molecule has 35 heavy (non-hydrogen) atoms. The summed E-state index contributed by atoms with van der Waals surface area (Å²) in [7, 11) is 0. The fraction of sp³-hybridized carbons (Fsp3) is 0.214. The number of fused-ring (bicyclic) bond motifs is 1. The van der Waals surface area contributed by atoms with Gasteiger partial charge in [0.15, 0.2) is 0 Å². The second kappa shape index (κ2) is 9.72. The fourth-order valence-corrected chi connectivity index (χ4v) is 4.21. The zero-order valence-corrected chi connectivity index (χ0v) is 18.7. The number of halogens is 7. The Morgan fingerprint density at radius 1 is 0.600 bits per heavy atom. The Kier molecular flexibility index (Phi) is 6.88. The minimum absolute atomic E-state index is 0.186. The van der Waals surface area contributed by atoms with E-state index in [9.17, 15) is 30.7 Å². The Balaban J connectivity index is 1.69. The summed E-state index contributed by atoms with van der Waals surface area (Å²) < 4.78 is 96.1. The second-order valence-corrected chi connectivity index (χ2v) is 8.48. The van der Waals surface area contributed by atoms with Crippen LogP contribution in [0.2, 0.25) is 0 Å². The van der Waals surface area contributed by atoms with Gasteiger partial charge in [-0.3, -0.25) is 0 Å². The topological polar surface area (TPSA) is 0 Å². The van der Waals surface area contributed by atoms with Crippen LogP contribution in [0.15, 0.2) is 60.7 Å². The first kappa shape index (κ1) is 24.8. The molecule has 0 spiro atoms. The molecule has 0 N–H and O–H groups in total. The largest absolute Gasteiger partial charge is 0.422 e. The van der Waals surface area contributed by atoms with E-state index in [2.05, 4.69) is 13.0 Å². The van der Waals surface area contributed by atoms with E-state index >= 15 is 0 Å². The van der Waals surface area contributed by atoms with Crippen LogP contribution < -0.4 is 0 Å². The molecule has 4 aromatic rings. The van der Waals surface area contributed by atoms with Crippen LogP contribution in [0.4, 0.5) is 30.7 Å². The van der Waals surface area contributed by atoms with Crippen molar-refractivity contribution in [3.05, 3.63) is 95.1 Å². The number of aryl methyl sites for hydroxylation is 1. The maximum Gasteiger partial charge on any atom is 0.422 e. The molecule has 0 radical (unpaired) electrons. The molecule has 0 bridgehead atoms. The van der Waals surface area contributed by atoms with Gasteiger partial charge in [-0.2, -0.15) is 13.2 Å². The van der Waals surface area contributed by atoms with Crippen LogP contribution in [0.1, 0.15) is 37.3 Å². The molecule has 0 unspecified atom stereocenters. The van der Waals surface area contributed by atoms with Crippen LogP contribution in [-0.4, -0.2) is 0 Å². The Bertz CT molecular complexity index is 1340. The predicted molar refractivity (Wildman–Crippen MR) is 123 cm³/mol. The van der Waals surface area contributed by atoms with Crippen molar-refractivity contribution < 1.29 is 30.7 Å². The van der Waals surface area contributed by atoms with Crippen molar-refractivity contribution in [3.8, 4) is 22.3 Å². The van der Waals surface area contributed by atoms with Crippen molar-refractivity contribution >= 4 is 10.8 Å². The van der Waals surface area contributed by atoms with Crippen LogP contribution in [0.5, 0.6) is 0 Å². The molecule has 0 amide bonds. The van der Waals surface area contributed by atoms with Gasteiger partial charge in [-0.05, 0) is 76.2 Å². The van der Waals surface area contributed by atoms with Crippen LogP contribution in [0.3, 0.4) is 0 Å². The molecule has 0 fully saturated rings. The molecule has 0 aromatic heterocycles. The van der Waals surface area contributed by atoms with Crippen molar-refractivity contribution in [3.63, 3.8) is 0 Å². The lowest BCUT2D eigenvalue weighted by Crippen LogP contribution is -2.11. The minimum Gasteiger partial charge on any atom is -0.206 e. The molecule has 0 aliphatic carbocycles. The van der Waals surface area contributed by atoms with Gasteiger partial charge >= 0.3 is 6.18 Å². The molecular weight excluding hydrogens is 469 g/mol. The third kappa shape index (κ3) is 5.19. The predicted octanol–water partition coefficient (Wildman–Crippen LogP) is 9.48. The maximum absolute atomic E-state index is 14.9. The summed E-state index contributed by atoms with van der Waals surface area (Å²) in [4.78, 5) is 0. The van der Waals surface area contributed by atoms with E-state index in [1.807, 2.05) is 18.2 Å². The number of alkyl halides is 3. The molecule has 182 valence electrons. The molecule has 0 saturated heterocycles. The molecule has 4 rings (SSSR count). The van der Waals surface area contributed by atoms with E-state index in [0.29, 0.717) is 5.56 Å². The van der Waals surface area contributed by atoms with Gasteiger partial charge in [0.05, 0.1) is 5.56 Å². The highest BCUT2D eigenvalue weighted by Crippen LogP contribution is 2.38. The molecule has 4 aromatic carbocycles. The number of hydrogen-bond donors (Lipinski definition) is 0. The Hall–Kier alpha value is -3.35. The van der Waals surface area contributed by atoms with E-state index in [-0.39, 0.29) is 17.7 Å². The van der Waals surface area contributed by atoms with Crippen LogP contribution in [0, 0.1) is 23.3 Å². The number of unbranched alkanes of at least 4 members (excludes halogenated alkanes) is 2. The minimum atomic E-state index is -5.28. The highest BCUT2D eigenvalue weighted by molar-refractivity contribution is 5.88. The molecule has 0 atom stereocenters. The van der Waals surface area contributed by atoms with E-state index < -0.39 is 46.1 Å². The van der Waals surface area contributed by atoms with Crippen molar-refractivity contribution in [2.45, 2.75) is 38.8 Å². The number of hydrogen-bond acceptors (Lipinski definition) is 0. The van der Waals surface area contributed by atoms with Crippen molar-refractivity contribution in [2.24, 2.45) is 0 Å². The standard InChI is InChI=1S/C28H21F7/c1-2-3-4-5-16-6-7-18-11-19(9-8-17(18)10-16)20-12-22(29)26(23(30)13-20)21-14-24(31)27(25(32)15-21)28(33,34)35/h6-15H,2-5H2,1H3. The third-order valence-corrected chi connectivity index (χ3v) is 5.96. The van der Waals surface area contributed by atoms with E-state index in [1.54, 1.807) is 12.1 Å². The first-order valence-electron chi connectivity index (χ1n) is 11.2. The second-order valence-electron chi connectivity index (χ2n) is 8.48. The summed E-state index contributed by atoms with van der Waals surface area (Å²) in [5.41, 5.74) is -1.67. The lowest BCUT2D eigenvalue weighted by Gasteiger charge is -2.13. The summed E-state index contributed by atoms with van der Waals surface area (Å²) in [6.45, 7) is 2.14. The van der Waals surface area contributed by atoms with Crippen LogP contribution in [-0.2, 0) is 12.6 Å². The molecule has 0 aliphatic heterocycles. The lowest BCUT2D eigenvalue weighted by molar-refractivity contribution is -0.142. The van der Waals surface area contributed by atoms with Crippen molar-refractivity contribution in [1.29, 1.82) is 0 Å². The molecule has 0 saturated carbocycles. The van der Waals surface area contributed by atoms with Crippen molar-refractivity contribution in [2.75, 3.05) is 0 Å². The smallest absolute Gasteiger partial charge is 0.206 e. The summed E-state index contributed by atoms with van der Waals surface area (Å²) >= 11 is 0. The normalized spacial score (nSPS) is 11.9. The highest BCUT2D eigenvalue weighted by atomic mass is 19.4. The molecule has 0 nitrogen and oxygen atoms in total. The summed E-state index contributed by atoms with van der Waals surface area (Å²) in [6, 6.07) is 13.9. The summed E-state index contributed by atoms with van der Waals surface area (Å²) in [5, 5.41) is 1.86. The Morgan fingerprint density at radius 2 is 1.17 bits per heavy atom. The number of rotatable bonds is 6. The molecule has 0 heterocycles. The van der Waals surface area contributed by atoms with Gasteiger partial charge in [0.1, 0.15) is 28.8 Å². The van der Waals surface area contributed by atoms with Gasteiger partial charge in [0.25, 0.3) is 0 Å². The Labute approximate surface area is 198 Å². The SMILES string of the molecule is CCCCCc1ccc2cc(-c3cc(F)c(-c4cc(F)c(C(F)(F)F)c(F)c4)c(F)c3)ccc2c1. The first-order valence-corrected chi connectivity index (χ1v) is 11.2. The molecular formula is C28H21F7. The van der Waals surface area contributed by atoms with Gasteiger partial charge in [-0.25, -0.2) is 17.6 Å². The lowest BCUT2D eigenvalue weighted by atomic mass is 9.95. The van der Waals surface area contributed by atoms with Gasteiger partial charge in [-0.15, -0.1) is 0 Å². The zero-order valence-electron chi connectivity index (χ0n) is 18.7. The summed E-state index contributed by atoms with van der Waals surface area (Å²) in [5.74, 6) is -6.19. The van der Waals surface area contributed by atoms with Gasteiger partial charge < -0.3 is 0 Å². The fourth-order valence-electron chi connectivity index (χ4n) is 4.21. The van der Waals surface area contributed by atoms with Crippen molar-refractivity contribution in [1.82, 2.24) is 0 Å². The van der Waals surface area contributed by atoms with Gasteiger partial charge in [0, 0.05) is 0 Å². The molecule has 0 aliphatic rings. The zero-order chi connectivity index (χ0) is 25.3. The Morgan fingerprint density at radius 3 is 1.77 bits per heavy atom. The van der Waals surface area contributed by atoms with E-state index in [0.717, 1.165) is 48.6 Å². The quantitative estimate of drug-likeness (QED) is 0.187. The first-order chi connectivity index (χ1) is 16.6. The van der Waals surface area contributed by atoms with Crippen LogP contribution in [0.25, 0.3) is 33.0 Å². The third-order valence-electron chi connectivity index (χ3n) is 5.96. The number of benzene rings is 4. The summed E-state index contributed by atoms with van der Waals surface area (Å²) in [6.07, 6.45) is -0.937. The maximum atomic E-state index is 14.9. The van der Waals surface area contributed by atoms with E-state index in [4.69, 9.17) is 0 Å².